The quantitative estimate of drug-likeness (QED) is 0.518. The van der Waals surface area contributed by atoms with Crippen molar-refractivity contribution < 1.29 is 28.3 Å². The Kier molecular flexibility index (Phi) is 7.04. The van der Waals surface area contributed by atoms with Crippen LogP contribution in [0.25, 0.3) is 0 Å². The number of aldehydes is 1. The molecule has 7 heteroatoms. The molecule has 0 radical (unpaired) electrons. The van der Waals surface area contributed by atoms with E-state index in [1.807, 2.05) is 0 Å². The molecule has 1 rings (SSSR count). The maximum atomic E-state index is 12.7. The van der Waals surface area contributed by atoms with Crippen LogP contribution >= 0.6 is 7.60 Å². The number of carboxylic acids is 1. The summed E-state index contributed by atoms with van der Waals surface area (Å²) in [6.45, 7) is 3.49. The van der Waals surface area contributed by atoms with Crippen molar-refractivity contribution in [3.8, 4) is 0 Å². The fourth-order valence-corrected chi connectivity index (χ4v) is 4.93. The first-order valence-electron chi connectivity index (χ1n) is 7.51. The van der Waals surface area contributed by atoms with Gasteiger partial charge in [0, 0.05) is 5.41 Å². The molecule has 0 aliphatic heterocycles. The van der Waals surface area contributed by atoms with Crippen molar-refractivity contribution in [1.29, 1.82) is 0 Å². The number of carbonyl (C=O) groups excluding carboxylic acids is 1. The number of rotatable bonds is 9. The Hall–Kier alpha value is -0.710. The second-order valence-electron chi connectivity index (χ2n) is 5.47. The second-order valence-corrected chi connectivity index (χ2v) is 7.69. The molecule has 0 heterocycles. The lowest BCUT2D eigenvalue weighted by Gasteiger charge is -2.35. The smallest absolute Gasteiger partial charge is 0.344 e. The van der Waals surface area contributed by atoms with Gasteiger partial charge in [-0.15, -0.1) is 0 Å². The molecule has 1 aliphatic rings. The number of hydrogen-bond acceptors (Lipinski definition) is 5. The van der Waals surface area contributed by atoms with Crippen LogP contribution in [-0.2, 0) is 23.2 Å². The molecule has 1 unspecified atom stereocenters. The summed E-state index contributed by atoms with van der Waals surface area (Å²) in [6.07, 6.45) is 4.95. The molecule has 0 saturated heterocycles. The van der Waals surface area contributed by atoms with Gasteiger partial charge >= 0.3 is 13.6 Å². The van der Waals surface area contributed by atoms with Crippen LogP contribution in [0.2, 0.25) is 0 Å². The van der Waals surface area contributed by atoms with Gasteiger partial charge in [-0.25, -0.2) is 0 Å². The molecular weight excluding hydrogens is 295 g/mol. The lowest BCUT2D eigenvalue weighted by molar-refractivity contribution is -0.138. The van der Waals surface area contributed by atoms with Crippen LogP contribution < -0.4 is 0 Å². The molecule has 0 aromatic heterocycles. The normalized spacial score (nSPS) is 19.9. The van der Waals surface area contributed by atoms with E-state index in [2.05, 4.69) is 0 Å². The summed E-state index contributed by atoms with van der Waals surface area (Å²) in [5.41, 5.74) is -2.01. The second kappa shape index (κ2) is 8.06. The van der Waals surface area contributed by atoms with E-state index in [0.29, 0.717) is 12.8 Å². The average molecular weight is 320 g/mol. The van der Waals surface area contributed by atoms with E-state index in [1.54, 1.807) is 13.8 Å². The molecule has 0 aromatic rings. The molecule has 122 valence electrons. The van der Waals surface area contributed by atoms with Gasteiger partial charge in [-0.2, -0.15) is 0 Å². The van der Waals surface area contributed by atoms with E-state index < -0.39 is 24.6 Å². The summed E-state index contributed by atoms with van der Waals surface area (Å²) in [4.78, 5) is 23.1. The zero-order valence-corrected chi connectivity index (χ0v) is 13.6. The summed E-state index contributed by atoms with van der Waals surface area (Å²) < 4.78 is 23.1. The summed E-state index contributed by atoms with van der Waals surface area (Å²) in [5.74, 6) is -1.23. The summed E-state index contributed by atoms with van der Waals surface area (Å²) in [6, 6.07) is 0. The van der Waals surface area contributed by atoms with E-state index >= 15 is 0 Å². The van der Waals surface area contributed by atoms with E-state index in [4.69, 9.17) is 9.05 Å². The Morgan fingerprint density at radius 1 is 1.24 bits per heavy atom. The van der Waals surface area contributed by atoms with Crippen molar-refractivity contribution in [3.63, 3.8) is 0 Å². The number of hydrogen-bond donors (Lipinski definition) is 1. The van der Waals surface area contributed by atoms with Gasteiger partial charge in [0.25, 0.3) is 0 Å². The van der Waals surface area contributed by atoms with Crippen LogP contribution in [0.1, 0.15) is 52.4 Å². The van der Waals surface area contributed by atoms with Crippen molar-refractivity contribution in [1.82, 2.24) is 0 Å². The predicted molar refractivity (Wildman–Crippen MR) is 78.5 cm³/mol. The molecule has 6 nitrogen and oxygen atoms in total. The third kappa shape index (κ3) is 4.63. The number of aliphatic carboxylic acids is 1. The maximum absolute atomic E-state index is 12.7. The highest BCUT2D eigenvalue weighted by atomic mass is 31.2. The topological polar surface area (TPSA) is 89.9 Å². The van der Waals surface area contributed by atoms with Crippen LogP contribution in [0, 0.1) is 5.41 Å². The molecule has 21 heavy (non-hydrogen) atoms. The highest BCUT2D eigenvalue weighted by Crippen LogP contribution is 2.57. The van der Waals surface area contributed by atoms with E-state index in [-0.39, 0.29) is 19.6 Å². The van der Waals surface area contributed by atoms with Gasteiger partial charge in [-0.1, -0.05) is 19.3 Å². The first-order chi connectivity index (χ1) is 9.93. The molecular formula is C14H25O6P. The Bertz CT molecular complexity index is 392. The Balaban J connectivity index is 3.01. The SMILES string of the molecule is CCOP(=O)(OCC)C(CC1(C=O)CCCCC1)C(=O)O. The largest absolute Gasteiger partial charge is 0.481 e. The van der Waals surface area contributed by atoms with Crippen molar-refractivity contribution in [2.45, 2.75) is 58.0 Å². The third-order valence-corrected chi connectivity index (χ3v) is 6.39. The lowest BCUT2D eigenvalue weighted by Crippen LogP contribution is -2.35. The zero-order valence-electron chi connectivity index (χ0n) is 12.7. The van der Waals surface area contributed by atoms with Crippen molar-refractivity contribution in [3.05, 3.63) is 0 Å². The van der Waals surface area contributed by atoms with Crippen LogP contribution in [0.4, 0.5) is 0 Å². The zero-order chi connectivity index (χ0) is 15.9. The van der Waals surface area contributed by atoms with Crippen LogP contribution in [0.3, 0.4) is 0 Å². The first kappa shape index (κ1) is 18.3. The summed E-state index contributed by atoms with van der Waals surface area (Å²) >= 11 is 0. The Morgan fingerprint density at radius 2 is 1.76 bits per heavy atom. The van der Waals surface area contributed by atoms with Crippen molar-refractivity contribution >= 4 is 19.9 Å². The van der Waals surface area contributed by atoms with Crippen LogP contribution in [-0.4, -0.2) is 36.2 Å². The molecule has 1 fully saturated rings. The molecule has 1 aliphatic carbocycles. The molecule has 0 aromatic carbocycles. The summed E-state index contributed by atoms with van der Waals surface area (Å²) in [7, 11) is -3.77. The van der Waals surface area contributed by atoms with Gasteiger partial charge in [0.1, 0.15) is 6.29 Å². The van der Waals surface area contributed by atoms with Crippen molar-refractivity contribution in [2.24, 2.45) is 5.41 Å². The molecule has 0 amide bonds. The van der Waals surface area contributed by atoms with E-state index in [1.165, 1.54) is 0 Å². The van der Waals surface area contributed by atoms with Gasteiger partial charge in [0.05, 0.1) is 13.2 Å². The lowest BCUT2D eigenvalue weighted by atomic mass is 9.72. The molecule has 1 saturated carbocycles. The van der Waals surface area contributed by atoms with Gasteiger partial charge in [-0.05, 0) is 33.1 Å². The van der Waals surface area contributed by atoms with Crippen LogP contribution in [0.15, 0.2) is 0 Å². The minimum Gasteiger partial charge on any atom is -0.481 e. The Morgan fingerprint density at radius 3 is 2.14 bits per heavy atom. The molecule has 0 bridgehead atoms. The minimum absolute atomic E-state index is 0.0170. The highest BCUT2D eigenvalue weighted by molar-refractivity contribution is 7.55. The monoisotopic (exact) mass is 320 g/mol. The van der Waals surface area contributed by atoms with E-state index in [9.17, 15) is 19.3 Å². The fraction of sp³-hybridized carbons (Fsp3) is 0.857. The van der Waals surface area contributed by atoms with Gasteiger partial charge in [0.15, 0.2) is 5.66 Å². The third-order valence-electron chi connectivity index (χ3n) is 3.98. The predicted octanol–water partition coefficient (Wildman–Crippen LogP) is 3.25. The minimum atomic E-state index is -3.77. The maximum Gasteiger partial charge on any atom is 0.344 e. The Labute approximate surface area is 125 Å². The fourth-order valence-electron chi connectivity index (χ4n) is 2.92. The highest BCUT2D eigenvalue weighted by Gasteiger charge is 2.47. The molecule has 1 atom stereocenters. The average Bonchev–Trinajstić information content (AvgIpc) is 2.46. The number of carboxylic acid groups (broad SMARTS) is 1. The summed E-state index contributed by atoms with van der Waals surface area (Å²) in [5, 5.41) is 9.45. The van der Waals surface area contributed by atoms with Gasteiger partial charge in [0.2, 0.25) is 0 Å². The van der Waals surface area contributed by atoms with Gasteiger partial charge < -0.3 is 18.9 Å². The van der Waals surface area contributed by atoms with Crippen molar-refractivity contribution in [2.75, 3.05) is 13.2 Å². The standard InChI is InChI=1S/C14H25O6P/c1-3-19-21(18,20-4-2)12(13(16)17)10-14(11-15)8-6-5-7-9-14/h11-12H,3-10H2,1-2H3,(H,16,17). The van der Waals surface area contributed by atoms with E-state index in [0.717, 1.165) is 25.5 Å². The first-order valence-corrected chi connectivity index (χ1v) is 9.12. The van der Waals surface area contributed by atoms with Gasteiger partial charge in [-0.3, -0.25) is 9.36 Å². The number of carbonyl (C=O) groups is 2. The van der Waals surface area contributed by atoms with Crippen LogP contribution in [0.5, 0.6) is 0 Å². The molecule has 1 N–H and O–H groups in total. The molecule has 0 spiro atoms.